The number of hydrogen-bond donors (Lipinski definition) is 0. The number of hydrogen-bond acceptors (Lipinski definition) is 4. The normalized spacial score (nSPS) is 10.0. The van der Waals surface area contributed by atoms with E-state index in [0.29, 0.717) is 23.7 Å². The summed E-state index contributed by atoms with van der Waals surface area (Å²) in [5.41, 5.74) is 0.519. The molecule has 0 amide bonds. The van der Waals surface area contributed by atoms with Gasteiger partial charge in [-0.1, -0.05) is 6.92 Å². The zero-order valence-electron chi connectivity index (χ0n) is 12.2. The van der Waals surface area contributed by atoms with Gasteiger partial charge in [0, 0.05) is 0 Å². The summed E-state index contributed by atoms with van der Waals surface area (Å²) in [5, 5.41) is 0. The maximum atomic E-state index is 11.7. The monoisotopic (exact) mass is 286 g/mol. The van der Waals surface area contributed by atoms with Gasteiger partial charge in [0.1, 0.15) is 17.2 Å². The summed E-state index contributed by atoms with van der Waals surface area (Å²) in [6.45, 7) is 2.39. The maximum absolute atomic E-state index is 11.7. The van der Waals surface area contributed by atoms with Gasteiger partial charge >= 0.3 is 5.97 Å². The molecule has 0 spiro atoms. The first-order chi connectivity index (χ1) is 10.2. The topological polar surface area (TPSA) is 44.8 Å². The number of carbonyl (C=O) groups excluding carboxylic acids is 1. The van der Waals surface area contributed by atoms with E-state index in [9.17, 15) is 4.79 Å². The highest BCUT2D eigenvalue weighted by molar-refractivity contribution is 5.89. The van der Waals surface area contributed by atoms with Crippen LogP contribution in [0.2, 0.25) is 0 Å². The van der Waals surface area contributed by atoms with E-state index < -0.39 is 0 Å². The minimum Gasteiger partial charge on any atom is -0.497 e. The van der Waals surface area contributed by atoms with Gasteiger partial charge in [0.05, 0.1) is 19.3 Å². The van der Waals surface area contributed by atoms with Gasteiger partial charge in [-0.25, -0.2) is 4.79 Å². The number of esters is 1. The molecule has 0 bridgehead atoms. The fourth-order valence-electron chi connectivity index (χ4n) is 1.72. The maximum Gasteiger partial charge on any atom is 0.338 e. The van der Waals surface area contributed by atoms with Gasteiger partial charge in [-0.15, -0.1) is 0 Å². The van der Waals surface area contributed by atoms with Crippen molar-refractivity contribution in [2.75, 3.05) is 13.7 Å². The highest BCUT2D eigenvalue weighted by Crippen LogP contribution is 2.24. The van der Waals surface area contributed by atoms with Crippen LogP contribution >= 0.6 is 0 Å². The van der Waals surface area contributed by atoms with Crippen molar-refractivity contribution in [1.29, 1.82) is 0 Å². The van der Waals surface area contributed by atoms with Gasteiger partial charge in [0.2, 0.25) is 0 Å². The molecule has 4 heteroatoms. The van der Waals surface area contributed by atoms with Crippen LogP contribution in [0, 0.1) is 0 Å². The summed E-state index contributed by atoms with van der Waals surface area (Å²) < 4.78 is 15.8. The van der Waals surface area contributed by atoms with Crippen LogP contribution in [-0.2, 0) is 4.74 Å². The van der Waals surface area contributed by atoms with Crippen molar-refractivity contribution < 1.29 is 19.0 Å². The van der Waals surface area contributed by atoms with Gasteiger partial charge in [-0.05, 0) is 55.0 Å². The summed E-state index contributed by atoms with van der Waals surface area (Å²) in [6, 6.07) is 14.2. The first kappa shape index (κ1) is 14.9. The van der Waals surface area contributed by atoms with Crippen LogP contribution in [0.5, 0.6) is 17.2 Å². The van der Waals surface area contributed by atoms with Crippen LogP contribution in [0.15, 0.2) is 48.5 Å². The molecule has 21 heavy (non-hydrogen) atoms. The first-order valence-corrected chi connectivity index (χ1v) is 6.82. The molecule has 4 nitrogen and oxygen atoms in total. The lowest BCUT2D eigenvalue weighted by Gasteiger charge is -2.07. The van der Waals surface area contributed by atoms with Crippen LogP contribution in [-0.4, -0.2) is 19.7 Å². The molecule has 0 aliphatic rings. The Kier molecular flexibility index (Phi) is 5.21. The number of carbonyl (C=O) groups is 1. The van der Waals surface area contributed by atoms with E-state index in [4.69, 9.17) is 14.2 Å². The first-order valence-electron chi connectivity index (χ1n) is 6.82. The third-order valence-electron chi connectivity index (χ3n) is 2.82. The van der Waals surface area contributed by atoms with Gasteiger partial charge in [-0.2, -0.15) is 0 Å². The molecule has 0 unspecified atom stereocenters. The van der Waals surface area contributed by atoms with Crippen LogP contribution in [0.25, 0.3) is 0 Å². The van der Waals surface area contributed by atoms with Gasteiger partial charge < -0.3 is 14.2 Å². The van der Waals surface area contributed by atoms with E-state index in [1.54, 1.807) is 31.4 Å². The van der Waals surface area contributed by atoms with Crippen LogP contribution in [0.4, 0.5) is 0 Å². The van der Waals surface area contributed by atoms with Crippen molar-refractivity contribution >= 4 is 5.97 Å². The van der Waals surface area contributed by atoms with Gasteiger partial charge in [-0.3, -0.25) is 0 Å². The van der Waals surface area contributed by atoms with Crippen molar-refractivity contribution in [3.05, 3.63) is 54.1 Å². The third-order valence-corrected chi connectivity index (χ3v) is 2.82. The molecular formula is C17H18O4. The smallest absolute Gasteiger partial charge is 0.338 e. The summed E-state index contributed by atoms with van der Waals surface area (Å²) in [5.74, 6) is 1.83. The highest BCUT2D eigenvalue weighted by atomic mass is 16.5. The SMILES string of the molecule is CCCOC(=O)c1ccc(Oc2ccc(OC)cc2)cc1. The summed E-state index contributed by atoms with van der Waals surface area (Å²) in [6.07, 6.45) is 0.810. The number of rotatable bonds is 6. The molecule has 110 valence electrons. The molecule has 2 rings (SSSR count). The zero-order chi connectivity index (χ0) is 15.1. The fourth-order valence-corrected chi connectivity index (χ4v) is 1.72. The molecule has 0 atom stereocenters. The number of ether oxygens (including phenoxy) is 3. The number of benzene rings is 2. The van der Waals surface area contributed by atoms with E-state index in [2.05, 4.69) is 0 Å². The van der Waals surface area contributed by atoms with Crippen molar-refractivity contribution in [2.45, 2.75) is 13.3 Å². The Labute approximate surface area is 124 Å². The number of methoxy groups -OCH3 is 1. The second-order valence-corrected chi connectivity index (χ2v) is 4.44. The average Bonchev–Trinajstić information content (AvgIpc) is 2.54. The molecule has 2 aromatic carbocycles. The van der Waals surface area contributed by atoms with Crippen LogP contribution < -0.4 is 9.47 Å². The fraction of sp³-hybridized carbons (Fsp3) is 0.235. The molecule has 0 aliphatic heterocycles. The summed E-state index contributed by atoms with van der Waals surface area (Å²) in [7, 11) is 1.62. The van der Waals surface area contributed by atoms with E-state index in [0.717, 1.165) is 12.2 Å². The molecular weight excluding hydrogens is 268 g/mol. The lowest BCUT2D eigenvalue weighted by atomic mass is 10.2. The Morgan fingerprint density at radius 1 is 0.905 bits per heavy atom. The Balaban J connectivity index is 1.99. The van der Waals surface area contributed by atoms with Crippen molar-refractivity contribution in [2.24, 2.45) is 0 Å². The molecule has 0 radical (unpaired) electrons. The highest BCUT2D eigenvalue weighted by Gasteiger charge is 2.06. The van der Waals surface area contributed by atoms with Gasteiger partial charge in [0.25, 0.3) is 0 Å². The predicted octanol–water partition coefficient (Wildman–Crippen LogP) is 4.05. The van der Waals surface area contributed by atoms with Crippen molar-refractivity contribution in [3.8, 4) is 17.2 Å². The molecule has 0 heterocycles. The minimum atomic E-state index is -0.312. The predicted molar refractivity (Wildman–Crippen MR) is 80.1 cm³/mol. The second kappa shape index (κ2) is 7.33. The minimum absolute atomic E-state index is 0.312. The van der Waals surface area contributed by atoms with E-state index in [1.165, 1.54) is 0 Å². The quantitative estimate of drug-likeness (QED) is 0.751. The Hall–Kier alpha value is -2.49. The zero-order valence-corrected chi connectivity index (χ0v) is 12.2. The molecule has 0 fully saturated rings. The second-order valence-electron chi connectivity index (χ2n) is 4.44. The van der Waals surface area contributed by atoms with Crippen LogP contribution in [0.1, 0.15) is 23.7 Å². The van der Waals surface area contributed by atoms with E-state index >= 15 is 0 Å². The lowest BCUT2D eigenvalue weighted by molar-refractivity contribution is 0.0505. The third kappa shape index (κ3) is 4.24. The average molecular weight is 286 g/mol. The summed E-state index contributed by atoms with van der Waals surface area (Å²) >= 11 is 0. The molecule has 0 aromatic heterocycles. The molecule has 2 aromatic rings. The Bertz CT molecular complexity index is 573. The lowest BCUT2D eigenvalue weighted by Crippen LogP contribution is -2.05. The Morgan fingerprint density at radius 3 is 1.95 bits per heavy atom. The van der Waals surface area contributed by atoms with Crippen LogP contribution in [0.3, 0.4) is 0 Å². The summed E-state index contributed by atoms with van der Waals surface area (Å²) in [4.78, 5) is 11.7. The van der Waals surface area contributed by atoms with E-state index in [-0.39, 0.29) is 5.97 Å². The van der Waals surface area contributed by atoms with Crippen molar-refractivity contribution in [3.63, 3.8) is 0 Å². The standard InChI is InChI=1S/C17H18O4/c1-3-12-20-17(18)13-4-6-15(7-5-13)21-16-10-8-14(19-2)9-11-16/h4-11H,3,12H2,1-2H3. The molecule has 0 N–H and O–H groups in total. The molecule has 0 aliphatic carbocycles. The van der Waals surface area contributed by atoms with Gasteiger partial charge in [0.15, 0.2) is 0 Å². The molecule has 0 saturated heterocycles. The Morgan fingerprint density at radius 2 is 1.43 bits per heavy atom. The molecule has 0 saturated carbocycles. The van der Waals surface area contributed by atoms with E-state index in [1.807, 2.05) is 31.2 Å². The van der Waals surface area contributed by atoms with Crippen molar-refractivity contribution in [1.82, 2.24) is 0 Å². The largest absolute Gasteiger partial charge is 0.497 e.